The minimum atomic E-state index is -1.09. The molecule has 0 amide bonds. The van der Waals surface area contributed by atoms with E-state index in [0.29, 0.717) is 22.2 Å². The smallest absolute Gasteiger partial charge is 0.550 e. The van der Waals surface area contributed by atoms with Gasteiger partial charge in [-0.05, 0) is 36.2 Å². The summed E-state index contributed by atoms with van der Waals surface area (Å²) in [6.45, 7) is 2.54. The van der Waals surface area contributed by atoms with Crippen LogP contribution in [0.4, 0.5) is 0 Å². The van der Waals surface area contributed by atoms with E-state index in [1.54, 1.807) is 0 Å². The van der Waals surface area contributed by atoms with Crippen LogP contribution < -0.4 is 56.5 Å². The third-order valence-corrected chi connectivity index (χ3v) is 4.59. The Hall–Kier alpha value is -0.334. The minimum absolute atomic E-state index is 0. The number of fused-ring (bicyclic) bond motifs is 1. The molecule has 0 spiro atoms. The van der Waals surface area contributed by atoms with Crippen LogP contribution in [0.5, 0.6) is 0 Å². The van der Waals surface area contributed by atoms with Gasteiger partial charge < -0.3 is 14.5 Å². The van der Waals surface area contributed by atoms with Gasteiger partial charge in [0.05, 0.1) is 6.54 Å². The van der Waals surface area contributed by atoms with Crippen molar-refractivity contribution in [1.82, 2.24) is 4.57 Å². The van der Waals surface area contributed by atoms with E-state index in [0.717, 1.165) is 22.0 Å². The first-order chi connectivity index (χ1) is 11.0. The molecule has 6 heteroatoms. The van der Waals surface area contributed by atoms with Gasteiger partial charge in [0.15, 0.2) is 0 Å². The average Bonchev–Trinajstić information content (AvgIpc) is 2.78. The van der Waals surface area contributed by atoms with Crippen molar-refractivity contribution in [2.24, 2.45) is 0 Å². The molecule has 0 aliphatic carbocycles. The molecule has 0 N–H and O–H groups in total. The van der Waals surface area contributed by atoms with Gasteiger partial charge in [-0.25, -0.2) is 0 Å². The zero-order valence-corrected chi connectivity index (χ0v) is 18.1. The monoisotopic (exact) mass is 385 g/mol. The molecule has 2 aromatic carbocycles. The van der Waals surface area contributed by atoms with Crippen molar-refractivity contribution < 1.29 is 61.3 Å². The number of carbonyl (C=O) groups is 1. The second-order valence-electron chi connectivity index (χ2n) is 5.54. The molecule has 0 fully saturated rings. The molecule has 118 valence electrons. The van der Waals surface area contributed by atoms with Crippen LogP contribution in [0.1, 0.15) is 16.7 Å². The number of rotatable bonds is 4. The molecule has 0 bridgehead atoms. The summed E-state index contributed by atoms with van der Waals surface area (Å²) in [5, 5.41) is 13.1. The maximum absolute atomic E-state index is 10.8. The van der Waals surface area contributed by atoms with Crippen molar-refractivity contribution >= 4 is 40.1 Å². The first kappa shape index (κ1) is 20.0. The molecular weight excluding hydrogens is 372 g/mol. The minimum Gasteiger partial charge on any atom is -0.550 e. The molecule has 0 saturated carbocycles. The van der Waals surface area contributed by atoms with Gasteiger partial charge >= 0.3 is 51.4 Å². The summed E-state index contributed by atoms with van der Waals surface area (Å²) in [4.78, 5) is 10.8. The first-order valence-electron chi connectivity index (χ1n) is 7.17. The predicted molar refractivity (Wildman–Crippen MR) is 91.0 cm³/mol. The Morgan fingerprint density at radius 3 is 2.46 bits per heavy atom. The van der Waals surface area contributed by atoms with E-state index < -0.39 is 5.97 Å². The Labute approximate surface area is 193 Å². The van der Waals surface area contributed by atoms with Gasteiger partial charge in [0.1, 0.15) is 0 Å². The fourth-order valence-corrected chi connectivity index (χ4v) is 3.30. The summed E-state index contributed by atoms with van der Waals surface area (Å²) in [6.07, 6.45) is 1.92. The van der Waals surface area contributed by atoms with E-state index in [9.17, 15) is 9.90 Å². The molecule has 0 unspecified atom stereocenters. The van der Waals surface area contributed by atoms with E-state index in [1.165, 1.54) is 0 Å². The first-order valence-corrected chi connectivity index (χ1v) is 7.92. The number of aromatic nitrogens is 1. The van der Waals surface area contributed by atoms with E-state index in [4.69, 9.17) is 23.2 Å². The average molecular weight is 386 g/mol. The Morgan fingerprint density at radius 2 is 1.83 bits per heavy atom. The summed E-state index contributed by atoms with van der Waals surface area (Å²) in [5.74, 6) is -1.09. The quantitative estimate of drug-likeness (QED) is 0.617. The molecule has 3 aromatic rings. The van der Waals surface area contributed by atoms with Crippen molar-refractivity contribution in [1.29, 1.82) is 0 Å². The van der Waals surface area contributed by atoms with Crippen LogP contribution in [0, 0.1) is 6.92 Å². The number of carboxylic acid groups (broad SMARTS) is 1. The van der Waals surface area contributed by atoms with Crippen LogP contribution in [-0.2, 0) is 17.8 Å². The maximum Gasteiger partial charge on any atom is 1.00 e. The number of hydrogen-bond acceptors (Lipinski definition) is 2. The number of hydrogen-bond donors (Lipinski definition) is 0. The number of benzene rings is 2. The number of carbonyl (C=O) groups excluding carboxylic acids is 1. The Bertz CT molecular complexity index is 885. The molecule has 24 heavy (non-hydrogen) atoms. The van der Waals surface area contributed by atoms with Crippen molar-refractivity contribution in [3.05, 3.63) is 69.3 Å². The van der Waals surface area contributed by atoms with Crippen molar-refractivity contribution in [2.75, 3.05) is 0 Å². The molecular formula is C18H14Cl2KNO2. The van der Waals surface area contributed by atoms with E-state index in [2.05, 4.69) is 0 Å². The SMILES string of the molecule is Cc1cn(Cc2c(Cl)cccc2Cl)c2cc(CC(=O)[O-])ccc12.[K+]. The number of aryl methyl sites for hydroxylation is 1. The van der Waals surface area contributed by atoms with Gasteiger partial charge in [-0.15, -0.1) is 0 Å². The molecule has 3 nitrogen and oxygen atoms in total. The molecule has 1 heterocycles. The fraction of sp³-hybridized carbons (Fsp3) is 0.167. The Morgan fingerprint density at radius 1 is 1.17 bits per heavy atom. The number of carboxylic acids is 1. The Balaban J connectivity index is 0.00000208. The zero-order valence-electron chi connectivity index (χ0n) is 13.5. The van der Waals surface area contributed by atoms with Gasteiger partial charge in [0.2, 0.25) is 0 Å². The van der Waals surface area contributed by atoms with E-state index >= 15 is 0 Å². The summed E-state index contributed by atoms with van der Waals surface area (Å²) < 4.78 is 2.04. The van der Waals surface area contributed by atoms with Crippen LogP contribution in [0.3, 0.4) is 0 Å². The van der Waals surface area contributed by atoms with Crippen LogP contribution in [-0.4, -0.2) is 10.5 Å². The summed E-state index contributed by atoms with van der Waals surface area (Å²) in [6, 6.07) is 11.1. The van der Waals surface area contributed by atoms with Crippen molar-refractivity contribution in [3.63, 3.8) is 0 Å². The topological polar surface area (TPSA) is 45.1 Å². The number of halogens is 2. The van der Waals surface area contributed by atoms with Gasteiger partial charge in [-0.2, -0.15) is 0 Å². The molecule has 0 saturated heterocycles. The largest absolute Gasteiger partial charge is 1.00 e. The van der Waals surface area contributed by atoms with Crippen LogP contribution in [0.2, 0.25) is 10.0 Å². The molecule has 0 atom stereocenters. The van der Waals surface area contributed by atoms with Crippen LogP contribution in [0.25, 0.3) is 10.9 Å². The molecule has 0 aliphatic heterocycles. The fourth-order valence-electron chi connectivity index (χ4n) is 2.78. The standard InChI is InChI=1S/C18H15Cl2NO2.K/c1-11-9-21(10-14-15(19)3-2-4-16(14)20)17-7-12(8-18(22)23)5-6-13(11)17;/h2-7,9H,8,10H2,1H3,(H,22,23);/q;+1/p-1. The molecule has 0 aliphatic rings. The third-order valence-electron chi connectivity index (χ3n) is 3.88. The zero-order chi connectivity index (χ0) is 16.6. The van der Waals surface area contributed by atoms with Crippen molar-refractivity contribution in [2.45, 2.75) is 19.9 Å². The Kier molecular flexibility index (Phi) is 6.96. The molecule has 0 radical (unpaired) electrons. The van der Waals surface area contributed by atoms with Crippen LogP contribution >= 0.6 is 23.2 Å². The predicted octanol–water partition coefficient (Wildman–Crippen LogP) is 0.601. The molecule has 1 aromatic heterocycles. The second kappa shape index (κ2) is 8.36. The van der Waals surface area contributed by atoms with Gasteiger partial charge in [0, 0.05) is 45.1 Å². The van der Waals surface area contributed by atoms with Crippen molar-refractivity contribution in [3.8, 4) is 0 Å². The molecule has 3 rings (SSSR count). The third kappa shape index (κ3) is 4.25. The van der Waals surface area contributed by atoms with Gasteiger partial charge in [-0.1, -0.05) is 41.4 Å². The summed E-state index contributed by atoms with van der Waals surface area (Å²) in [7, 11) is 0. The normalized spacial score (nSPS) is 10.6. The maximum atomic E-state index is 10.8. The van der Waals surface area contributed by atoms with E-state index in [1.807, 2.05) is 54.1 Å². The van der Waals surface area contributed by atoms with E-state index in [-0.39, 0.29) is 57.8 Å². The van der Waals surface area contributed by atoms with Gasteiger partial charge in [-0.3, -0.25) is 0 Å². The number of aliphatic carboxylic acids is 1. The summed E-state index contributed by atoms with van der Waals surface area (Å²) in [5.41, 5.74) is 3.63. The van der Waals surface area contributed by atoms with Gasteiger partial charge in [0.25, 0.3) is 0 Å². The number of nitrogens with zero attached hydrogens (tertiary/aromatic N) is 1. The van der Waals surface area contributed by atoms with Crippen LogP contribution in [0.15, 0.2) is 42.6 Å². The second-order valence-corrected chi connectivity index (χ2v) is 6.35. The summed E-state index contributed by atoms with van der Waals surface area (Å²) >= 11 is 12.5.